The predicted molar refractivity (Wildman–Crippen MR) is 157 cm³/mol. The summed E-state index contributed by atoms with van der Waals surface area (Å²) in [6.45, 7) is 3.09. The number of piperidine rings is 2. The molecule has 4 aliphatic rings. The van der Waals surface area contributed by atoms with Gasteiger partial charge in [-0.2, -0.15) is 5.26 Å². The third-order valence-electron chi connectivity index (χ3n) is 9.55. The lowest BCUT2D eigenvalue weighted by Gasteiger charge is -2.39. The number of imide groups is 1. The van der Waals surface area contributed by atoms with Crippen molar-refractivity contribution in [1.82, 2.24) is 20.0 Å². The number of amides is 4. The molecule has 2 unspecified atom stereocenters. The minimum Gasteiger partial charge on any atom is -0.493 e. The molecule has 0 aliphatic carbocycles. The fourth-order valence-corrected chi connectivity index (χ4v) is 7.09. The van der Waals surface area contributed by atoms with E-state index in [0.717, 1.165) is 24.9 Å². The Morgan fingerprint density at radius 2 is 1.89 bits per heavy atom. The molecule has 0 spiro atoms. The Kier molecular flexibility index (Phi) is 8.36. The number of nitriles is 1. The molecule has 4 heterocycles. The van der Waals surface area contributed by atoms with Crippen molar-refractivity contribution >= 4 is 23.6 Å². The summed E-state index contributed by atoms with van der Waals surface area (Å²) >= 11 is 0. The van der Waals surface area contributed by atoms with Crippen LogP contribution in [0.2, 0.25) is 0 Å². The average Bonchev–Trinajstić information content (AvgIpc) is 3.64. The number of rotatable bonds is 8. The van der Waals surface area contributed by atoms with Crippen molar-refractivity contribution in [2.24, 2.45) is 0 Å². The van der Waals surface area contributed by atoms with Crippen molar-refractivity contribution < 1.29 is 28.3 Å². The van der Waals surface area contributed by atoms with Gasteiger partial charge < -0.3 is 14.5 Å². The first-order valence-electron chi connectivity index (χ1n) is 15.4. The monoisotopic (exact) mass is 601 g/mol. The highest BCUT2D eigenvalue weighted by Crippen LogP contribution is 2.36. The van der Waals surface area contributed by atoms with Crippen molar-refractivity contribution in [2.45, 2.75) is 69.0 Å². The van der Waals surface area contributed by atoms with Gasteiger partial charge in [0, 0.05) is 37.2 Å². The van der Waals surface area contributed by atoms with E-state index in [2.05, 4.69) is 16.3 Å². The molecule has 0 radical (unpaired) electrons. The van der Waals surface area contributed by atoms with Gasteiger partial charge in [-0.25, -0.2) is 4.39 Å². The van der Waals surface area contributed by atoms with E-state index in [1.54, 1.807) is 24.3 Å². The first kappa shape index (κ1) is 29.8. The van der Waals surface area contributed by atoms with Crippen LogP contribution in [0.25, 0.3) is 0 Å². The van der Waals surface area contributed by atoms with E-state index in [-0.39, 0.29) is 42.5 Å². The maximum Gasteiger partial charge on any atom is 0.255 e. The zero-order valence-electron chi connectivity index (χ0n) is 24.6. The molecule has 11 heteroatoms. The summed E-state index contributed by atoms with van der Waals surface area (Å²) in [6, 6.07) is 13.1. The highest BCUT2D eigenvalue weighted by Gasteiger charge is 2.42. The third-order valence-corrected chi connectivity index (χ3v) is 9.55. The first-order chi connectivity index (χ1) is 21.3. The molecule has 2 aromatic carbocycles. The van der Waals surface area contributed by atoms with E-state index >= 15 is 0 Å². The Morgan fingerprint density at radius 1 is 1.09 bits per heavy atom. The summed E-state index contributed by atoms with van der Waals surface area (Å²) in [4.78, 5) is 56.1. The lowest BCUT2D eigenvalue weighted by atomic mass is 9.74. The molecule has 1 N–H and O–H groups in total. The van der Waals surface area contributed by atoms with Crippen LogP contribution >= 0.6 is 0 Å². The first-order valence-corrected chi connectivity index (χ1v) is 15.4. The molecule has 0 aromatic heterocycles. The summed E-state index contributed by atoms with van der Waals surface area (Å²) < 4.78 is 20.0. The van der Waals surface area contributed by atoms with Crippen LogP contribution in [-0.2, 0) is 26.3 Å². The second-order valence-corrected chi connectivity index (χ2v) is 12.1. The van der Waals surface area contributed by atoms with Crippen LogP contribution in [0.3, 0.4) is 0 Å². The number of ether oxygens (including phenoxy) is 1. The molecule has 4 aliphatic heterocycles. The van der Waals surface area contributed by atoms with Crippen LogP contribution < -0.4 is 10.1 Å². The Morgan fingerprint density at radius 3 is 2.64 bits per heavy atom. The van der Waals surface area contributed by atoms with Gasteiger partial charge in [0.15, 0.2) is 0 Å². The number of hydrogen-bond acceptors (Lipinski definition) is 7. The van der Waals surface area contributed by atoms with E-state index < -0.39 is 17.4 Å². The highest BCUT2D eigenvalue weighted by atomic mass is 19.1. The van der Waals surface area contributed by atoms with E-state index in [1.807, 2.05) is 11.0 Å². The van der Waals surface area contributed by atoms with Crippen molar-refractivity contribution in [3.8, 4) is 11.8 Å². The average molecular weight is 602 g/mol. The van der Waals surface area contributed by atoms with Crippen LogP contribution in [-0.4, -0.2) is 83.2 Å². The van der Waals surface area contributed by atoms with Crippen molar-refractivity contribution in [2.75, 3.05) is 32.8 Å². The van der Waals surface area contributed by atoms with Gasteiger partial charge in [0.2, 0.25) is 17.7 Å². The van der Waals surface area contributed by atoms with E-state index in [4.69, 9.17) is 4.74 Å². The molecule has 2 atom stereocenters. The lowest BCUT2D eigenvalue weighted by Crippen LogP contribution is -2.52. The molecule has 3 saturated heterocycles. The molecule has 230 valence electrons. The smallest absolute Gasteiger partial charge is 0.255 e. The van der Waals surface area contributed by atoms with Gasteiger partial charge >= 0.3 is 0 Å². The quantitative estimate of drug-likeness (QED) is 0.365. The number of nitrogens with one attached hydrogen (secondary N) is 1. The topological polar surface area (TPSA) is 123 Å². The number of carbonyl (C=O) groups is 4. The summed E-state index contributed by atoms with van der Waals surface area (Å²) in [5.41, 5.74) is 1.14. The molecule has 0 bridgehead atoms. The normalized spacial score (nSPS) is 23.3. The maximum absolute atomic E-state index is 13.9. The molecule has 6 rings (SSSR count). The molecule has 0 saturated carbocycles. The largest absolute Gasteiger partial charge is 0.493 e. The van der Waals surface area contributed by atoms with Crippen LogP contribution in [0.15, 0.2) is 42.5 Å². The fraction of sp³-hybridized carbons (Fsp3) is 0.485. The summed E-state index contributed by atoms with van der Waals surface area (Å²) in [7, 11) is 0. The molecule has 4 amide bonds. The highest BCUT2D eigenvalue weighted by molar-refractivity contribution is 6.05. The molecular formula is C33H36FN5O5. The second kappa shape index (κ2) is 12.4. The van der Waals surface area contributed by atoms with Crippen LogP contribution in [0, 0.1) is 17.1 Å². The number of nitrogens with zero attached hydrogens (tertiary/aromatic N) is 4. The minimum absolute atomic E-state index is 0.0853. The molecular weight excluding hydrogens is 565 g/mol. The van der Waals surface area contributed by atoms with Crippen LogP contribution in [0.1, 0.15) is 66.4 Å². The van der Waals surface area contributed by atoms with Gasteiger partial charge in [0.1, 0.15) is 17.6 Å². The standard InChI is InChI=1S/C33H36FN5O5/c34-23-6-1-5-22(19-23)33(21-35)12-16-38(17-13-33)32(43)27-8-3-14-37(27)15-4-18-44-28-9-2-7-24-25(28)20-39(31(24)42)26-10-11-29(40)36-30(26)41/h1-2,5-7,9,19,26-27H,3-4,8,10-18,20H2,(H,36,40,41). The molecule has 2 aromatic rings. The van der Waals surface area contributed by atoms with Gasteiger partial charge in [0.05, 0.1) is 30.7 Å². The third kappa shape index (κ3) is 5.66. The number of benzene rings is 2. The number of halogens is 1. The van der Waals surface area contributed by atoms with Crippen molar-refractivity contribution in [3.63, 3.8) is 0 Å². The van der Waals surface area contributed by atoms with Gasteiger partial charge in [-0.15, -0.1) is 0 Å². The van der Waals surface area contributed by atoms with E-state index in [0.29, 0.717) is 68.8 Å². The van der Waals surface area contributed by atoms with Crippen molar-refractivity contribution in [1.29, 1.82) is 5.26 Å². The number of fused-ring (bicyclic) bond motifs is 1. The molecule has 44 heavy (non-hydrogen) atoms. The summed E-state index contributed by atoms with van der Waals surface area (Å²) in [5.74, 6) is -0.673. The minimum atomic E-state index is -0.785. The summed E-state index contributed by atoms with van der Waals surface area (Å²) in [5, 5.41) is 12.3. The van der Waals surface area contributed by atoms with Crippen LogP contribution in [0.5, 0.6) is 5.75 Å². The lowest BCUT2D eigenvalue weighted by molar-refractivity contribution is -0.138. The van der Waals surface area contributed by atoms with Crippen molar-refractivity contribution in [3.05, 3.63) is 65.0 Å². The number of hydrogen-bond donors (Lipinski definition) is 1. The Bertz CT molecular complexity index is 1510. The zero-order valence-corrected chi connectivity index (χ0v) is 24.6. The van der Waals surface area contributed by atoms with E-state index in [9.17, 15) is 28.8 Å². The molecule has 3 fully saturated rings. The molecule has 10 nitrogen and oxygen atoms in total. The van der Waals surface area contributed by atoms with Crippen LogP contribution in [0.4, 0.5) is 4.39 Å². The maximum atomic E-state index is 13.9. The fourth-order valence-electron chi connectivity index (χ4n) is 7.09. The Hall–Kier alpha value is -4.30. The van der Waals surface area contributed by atoms with Gasteiger partial charge in [0.25, 0.3) is 5.91 Å². The summed E-state index contributed by atoms with van der Waals surface area (Å²) in [6.07, 6.45) is 3.87. The predicted octanol–water partition coefficient (Wildman–Crippen LogP) is 2.90. The van der Waals surface area contributed by atoms with Gasteiger partial charge in [-0.05, 0) is 74.9 Å². The number of likely N-dealkylation sites (tertiary alicyclic amines) is 2. The van der Waals surface area contributed by atoms with Gasteiger partial charge in [-0.1, -0.05) is 18.2 Å². The van der Waals surface area contributed by atoms with E-state index in [1.165, 1.54) is 17.0 Å². The zero-order chi connectivity index (χ0) is 30.8. The Balaban J connectivity index is 1.01. The second-order valence-electron chi connectivity index (χ2n) is 12.1. The number of carbonyl (C=O) groups excluding carboxylic acids is 4. The van der Waals surface area contributed by atoms with Gasteiger partial charge in [-0.3, -0.25) is 29.4 Å². The Labute approximate surface area is 255 Å². The SMILES string of the molecule is N#CC1(c2cccc(F)c2)CCN(C(=O)C2CCCN2CCCOc2cccc3c2CN(C2CCC(=O)NC2=O)C3=O)CC1.